The largest absolute Gasteiger partial charge is 0.503 e. The first-order valence-electron chi connectivity index (χ1n) is 10.9. The van der Waals surface area contributed by atoms with Crippen LogP contribution in [-0.2, 0) is 13.0 Å². The molecule has 0 bridgehead atoms. The van der Waals surface area contributed by atoms with Crippen molar-refractivity contribution < 1.29 is 23.5 Å². The summed E-state index contributed by atoms with van der Waals surface area (Å²) in [5, 5.41) is 10.5. The van der Waals surface area contributed by atoms with Crippen LogP contribution < -0.4 is 5.43 Å². The standard InChI is InChI=1S/C23H23F2N3O4/c24-14-5-3-13(17(25)10-14)4-6-18(29)16-11-26-12-19-27-8-1-2-15(27)7-9-28(19)23(32)20(26)22(31)21(16)30/h3,5,10-11,15,19,31H,1-2,4,6-9,12H2/t15-,19+/m1/s1. The van der Waals surface area contributed by atoms with Crippen LogP contribution in [0, 0.1) is 11.6 Å². The van der Waals surface area contributed by atoms with Crippen LogP contribution >= 0.6 is 0 Å². The second-order valence-electron chi connectivity index (χ2n) is 8.68. The molecule has 0 radical (unpaired) electrons. The zero-order valence-corrected chi connectivity index (χ0v) is 17.4. The van der Waals surface area contributed by atoms with Crippen LogP contribution in [0.15, 0.2) is 29.2 Å². The predicted molar refractivity (Wildman–Crippen MR) is 111 cm³/mol. The van der Waals surface area contributed by atoms with Crippen LogP contribution in [0.1, 0.15) is 52.1 Å². The van der Waals surface area contributed by atoms with Crippen molar-refractivity contribution in [1.29, 1.82) is 0 Å². The Kier molecular flexibility index (Phi) is 5.08. The smallest absolute Gasteiger partial charge is 0.275 e. The van der Waals surface area contributed by atoms with Gasteiger partial charge in [0.05, 0.1) is 12.1 Å². The molecule has 7 nitrogen and oxygen atoms in total. The number of amides is 1. The fraction of sp³-hybridized carbons (Fsp3) is 0.435. The molecule has 1 aromatic carbocycles. The van der Waals surface area contributed by atoms with E-state index in [2.05, 4.69) is 4.90 Å². The molecule has 2 fully saturated rings. The Morgan fingerprint density at radius 3 is 2.75 bits per heavy atom. The lowest BCUT2D eigenvalue weighted by atomic mass is 10.0. The minimum atomic E-state index is -0.899. The Hall–Kier alpha value is -3.07. The van der Waals surface area contributed by atoms with E-state index in [0.29, 0.717) is 19.1 Å². The summed E-state index contributed by atoms with van der Waals surface area (Å²) in [6, 6.07) is 3.53. The van der Waals surface area contributed by atoms with E-state index >= 15 is 0 Å². The van der Waals surface area contributed by atoms with Crippen LogP contribution in [0.2, 0.25) is 0 Å². The van der Waals surface area contributed by atoms with Gasteiger partial charge in [0, 0.05) is 37.8 Å². The summed E-state index contributed by atoms with van der Waals surface area (Å²) >= 11 is 0. The maximum Gasteiger partial charge on any atom is 0.275 e. The molecule has 168 valence electrons. The summed E-state index contributed by atoms with van der Waals surface area (Å²) in [7, 11) is 0. The minimum absolute atomic E-state index is 0.0162. The quantitative estimate of drug-likeness (QED) is 0.734. The van der Waals surface area contributed by atoms with Crippen molar-refractivity contribution in [2.24, 2.45) is 0 Å². The van der Waals surface area contributed by atoms with E-state index in [4.69, 9.17) is 0 Å². The molecule has 3 aliphatic heterocycles. The maximum atomic E-state index is 13.9. The molecule has 1 N–H and O–H groups in total. The molecule has 1 amide bonds. The number of hydrogen-bond donors (Lipinski definition) is 1. The van der Waals surface area contributed by atoms with Crippen molar-refractivity contribution in [2.75, 3.05) is 13.1 Å². The van der Waals surface area contributed by atoms with Crippen molar-refractivity contribution in [3.05, 3.63) is 63.1 Å². The van der Waals surface area contributed by atoms with Crippen molar-refractivity contribution in [3.63, 3.8) is 0 Å². The lowest BCUT2D eigenvalue weighted by Crippen LogP contribution is -2.62. The summed E-state index contributed by atoms with van der Waals surface area (Å²) in [6.45, 7) is 1.82. The monoisotopic (exact) mass is 443 g/mol. The molecule has 4 heterocycles. The number of pyridine rings is 1. The van der Waals surface area contributed by atoms with E-state index in [-0.39, 0.29) is 35.8 Å². The van der Waals surface area contributed by atoms with Crippen LogP contribution in [-0.4, -0.2) is 56.5 Å². The number of aromatic nitrogens is 1. The van der Waals surface area contributed by atoms with Crippen molar-refractivity contribution in [1.82, 2.24) is 14.4 Å². The Morgan fingerprint density at radius 2 is 1.97 bits per heavy atom. The number of ketones is 1. The third-order valence-corrected chi connectivity index (χ3v) is 6.89. The topological polar surface area (TPSA) is 82.8 Å². The number of carbonyl (C=O) groups is 2. The highest BCUT2D eigenvalue weighted by atomic mass is 19.1. The predicted octanol–water partition coefficient (Wildman–Crippen LogP) is 2.30. The van der Waals surface area contributed by atoms with Crippen molar-refractivity contribution >= 4 is 11.7 Å². The molecule has 0 saturated carbocycles. The lowest BCUT2D eigenvalue weighted by molar-refractivity contribution is -0.0211. The third kappa shape index (κ3) is 3.31. The van der Waals surface area contributed by atoms with Gasteiger partial charge >= 0.3 is 0 Å². The number of carbonyl (C=O) groups excluding carboxylic acids is 2. The molecular weight excluding hydrogens is 420 g/mol. The van der Waals surface area contributed by atoms with Crippen LogP contribution in [0.3, 0.4) is 0 Å². The van der Waals surface area contributed by atoms with Crippen LogP contribution in [0.25, 0.3) is 0 Å². The summed E-state index contributed by atoms with van der Waals surface area (Å²) in [6.07, 6.45) is 3.99. The number of halogens is 2. The van der Waals surface area contributed by atoms with E-state index in [1.165, 1.54) is 16.8 Å². The second-order valence-corrected chi connectivity index (χ2v) is 8.68. The molecule has 2 aromatic rings. The molecule has 2 saturated heterocycles. The van der Waals surface area contributed by atoms with Gasteiger partial charge in [0.25, 0.3) is 5.91 Å². The van der Waals surface area contributed by atoms with Gasteiger partial charge in [0.15, 0.2) is 17.2 Å². The summed E-state index contributed by atoms with van der Waals surface area (Å²) < 4.78 is 28.5. The van der Waals surface area contributed by atoms with Gasteiger partial charge in [0.2, 0.25) is 5.43 Å². The van der Waals surface area contributed by atoms with Gasteiger partial charge in [-0.05, 0) is 37.3 Å². The normalized spacial score (nSPS) is 22.4. The summed E-state index contributed by atoms with van der Waals surface area (Å²) in [4.78, 5) is 42.6. The SMILES string of the molecule is O=C(CCc1ccc(F)cc1F)c1cn2c(c(O)c1=O)C(=O)N1CC[C@H]3CCCN3[C@@H]1C2. The first-order chi connectivity index (χ1) is 15.3. The first kappa shape index (κ1) is 20.8. The number of aromatic hydroxyl groups is 1. The molecule has 5 rings (SSSR count). The van der Waals surface area contributed by atoms with E-state index in [1.807, 2.05) is 0 Å². The highest BCUT2D eigenvalue weighted by Gasteiger charge is 2.45. The van der Waals surface area contributed by atoms with E-state index < -0.39 is 34.5 Å². The summed E-state index contributed by atoms with van der Waals surface area (Å²) in [5.74, 6) is -3.17. The lowest BCUT2D eigenvalue weighted by Gasteiger charge is -2.48. The van der Waals surface area contributed by atoms with E-state index in [9.17, 15) is 28.3 Å². The zero-order chi connectivity index (χ0) is 22.6. The van der Waals surface area contributed by atoms with Crippen molar-refractivity contribution in [3.8, 4) is 5.75 Å². The molecule has 1 aromatic heterocycles. The molecule has 32 heavy (non-hydrogen) atoms. The highest BCUT2D eigenvalue weighted by Crippen LogP contribution is 2.34. The average molecular weight is 443 g/mol. The minimum Gasteiger partial charge on any atom is -0.503 e. The van der Waals surface area contributed by atoms with Gasteiger partial charge in [-0.3, -0.25) is 19.3 Å². The van der Waals surface area contributed by atoms with E-state index in [0.717, 1.165) is 37.9 Å². The van der Waals surface area contributed by atoms with Crippen molar-refractivity contribution in [2.45, 2.75) is 50.9 Å². The molecule has 9 heteroatoms. The summed E-state index contributed by atoms with van der Waals surface area (Å²) in [5.41, 5.74) is -1.06. The Labute approximate surface area is 182 Å². The van der Waals surface area contributed by atoms with Crippen LogP contribution in [0.4, 0.5) is 8.78 Å². The van der Waals surface area contributed by atoms with E-state index in [1.54, 1.807) is 4.90 Å². The molecular formula is C23H23F2N3O4. The van der Waals surface area contributed by atoms with Crippen LogP contribution in [0.5, 0.6) is 5.75 Å². The fourth-order valence-corrected chi connectivity index (χ4v) is 5.25. The first-order valence-corrected chi connectivity index (χ1v) is 10.9. The molecule has 2 atom stereocenters. The number of fused-ring (bicyclic) bond motifs is 4. The third-order valence-electron chi connectivity index (χ3n) is 6.89. The van der Waals surface area contributed by atoms with Gasteiger partial charge < -0.3 is 14.6 Å². The number of hydrogen-bond acceptors (Lipinski definition) is 5. The van der Waals surface area contributed by atoms with Gasteiger partial charge in [-0.1, -0.05) is 6.07 Å². The molecule has 0 spiro atoms. The fourth-order valence-electron chi connectivity index (χ4n) is 5.25. The van der Waals surface area contributed by atoms with Gasteiger partial charge in [-0.2, -0.15) is 0 Å². The van der Waals surface area contributed by atoms with Gasteiger partial charge in [-0.25, -0.2) is 8.78 Å². The molecule has 0 unspecified atom stereocenters. The number of benzene rings is 1. The highest BCUT2D eigenvalue weighted by molar-refractivity contribution is 6.00. The second kappa shape index (κ2) is 7.81. The number of nitrogens with zero attached hydrogens (tertiary/aromatic N) is 3. The molecule has 0 aliphatic carbocycles. The Balaban J connectivity index is 1.44. The Morgan fingerprint density at radius 1 is 1.16 bits per heavy atom. The number of aryl methyl sites for hydroxylation is 1. The average Bonchev–Trinajstić information content (AvgIpc) is 3.25. The van der Waals surface area contributed by atoms with Gasteiger partial charge in [-0.15, -0.1) is 0 Å². The Bertz CT molecular complexity index is 1180. The van der Waals surface area contributed by atoms with Gasteiger partial charge in [0.1, 0.15) is 17.8 Å². The number of Topliss-reactive ketones (excluding diaryl/α,β-unsaturated/α-hetero) is 1. The number of rotatable bonds is 4. The maximum absolute atomic E-state index is 13.9. The zero-order valence-electron chi connectivity index (χ0n) is 17.4. The molecule has 3 aliphatic rings.